The number of hydrazone groups is 2. The Hall–Kier alpha value is -3.84. The molecule has 3 aromatic rings. The fraction of sp³-hybridized carbons (Fsp3) is 0.0800. The summed E-state index contributed by atoms with van der Waals surface area (Å²) >= 11 is 1.30. The van der Waals surface area contributed by atoms with Crippen molar-refractivity contribution in [2.45, 2.75) is 4.99 Å². The first-order chi connectivity index (χ1) is 15.7. The number of hydrogen-bond acceptors (Lipinski definition) is 7. The van der Waals surface area contributed by atoms with Crippen LogP contribution in [0.5, 0.6) is 0 Å². The first kappa shape index (κ1) is 20.1. The summed E-state index contributed by atoms with van der Waals surface area (Å²) in [5.41, 5.74) is 3.53. The summed E-state index contributed by atoms with van der Waals surface area (Å²) in [5, 5.41) is 13.7. The second kappa shape index (κ2) is 8.36. The topological polar surface area (TPSA) is 57.5 Å². The lowest BCUT2D eigenvalue weighted by Gasteiger charge is -2.43. The van der Waals surface area contributed by atoms with Gasteiger partial charge < -0.3 is 4.74 Å². The molecule has 7 heteroatoms. The predicted molar refractivity (Wildman–Crippen MR) is 130 cm³/mol. The quantitative estimate of drug-likeness (QED) is 0.542. The van der Waals surface area contributed by atoms with Gasteiger partial charge in [0.25, 0.3) is 0 Å². The number of hydrogen-bond donors (Lipinski definition) is 0. The van der Waals surface area contributed by atoms with Gasteiger partial charge in [-0.1, -0.05) is 66.7 Å². The van der Waals surface area contributed by atoms with Gasteiger partial charge in [0.05, 0.1) is 24.2 Å². The third-order valence-corrected chi connectivity index (χ3v) is 6.37. The second-order valence-electron chi connectivity index (χ2n) is 7.14. The summed E-state index contributed by atoms with van der Waals surface area (Å²) in [4.78, 5) is 11.6. The Bertz CT molecular complexity index is 1210. The van der Waals surface area contributed by atoms with Crippen LogP contribution in [0.15, 0.2) is 113 Å². The Morgan fingerprint density at radius 1 is 0.812 bits per heavy atom. The van der Waals surface area contributed by atoms with Gasteiger partial charge in [-0.25, -0.2) is 14.8 Å². The van der Waals surface area contributed by atoms with Crippen LogP contribution in [0.1, 0.15) is 5.56 Å². The number of thioether (sulfide) groups is 1. The highest BCUT2D eigenvalue weighted by molar-refractivity contribution is 8.17. The molecule has 6 nitrogen and oxygen atoms in total. The summed E-state index contributed by atoms with van der Waals surface area (Å²) in [6, 6.07) is 29.6. The Balaban J connectivity index is 1.67. The van der Waals surface area contributed by atoms with Crippen molar-refractivity contribution >= 4 is 39.9 Å². The number of methoxy groups -OCH3 is 1. The zero-order chi connectivity index (χ0) is 22.0. The highest BCUT2D eigenvalue weighted by atomic mass is 32.2. The van der Waals surface area contributed by atoms with Gasteiger partial charge in [0.15, 0.2) is 0 Å². The van der Waals surface area contributed by atoms with Gasteiger partial charge in [-0.2, -0.15) is 10.2 Å². The minimum Gasteiger partial charge on any atom is -0.464 e. The van der Waals surface area contributed by atoms with Crippen molar-refractivity contribution in [3.05, 3.63) is 109 Å². The van der Waals surface area contributed by atoms with Crippen LogP contribution < -0.4 is 10.0 Å². The van der Waals surface area contributed by atoms with Gasteiger partial charge in [-0.15, -0.1) is 0 Å². The molecule has 0 amide bonds. The van der Waals surface area contributed by atoms with Crippen molar-refractivity contribution in [1.29, 1.82) is 0 Å². The molecular formula is C25H20N4O2S. The molecule has 0 bridgehead atoms. The summed E-state index contributed by atoms with van der Waals surface area (Å²) in [6.45, 7) is 0. The second-order valence-corrected chi connectivity index (χ2v) is 8.33. The van der Waals surface area contributed by atoms with Crippen LogP contribution in [0.3, 0.4) is 0 Å². The number of nitrogens with zero attached hydrogens (tertiary/aromatic N) is 4. The van der Waals surface area contributed by atoms with Crippen molar-refractivity contribution < 1.29 is 9.53 Å². The van der Waals surface area contributed by atoms with Crippen molar-refractivity contribution in [3.8, 4) is 0 Å². The first-order valence-corrected chi connectivity index (χ1v) is 10.9. The van der Waals surface area contributed by atoms with E-state index in [1.54, 1.807) is 0 Å². The summed E-state index contributed by atoms with van der Waals surface area (Å²) in [5.74, 6) is -0.480. The maximum atomic E-state index is 12.5. The molecule has 5 rings (SSSR count). The Morgan fingerprint density at radius 3 is 1.91 bits per heavy atom. The third-order valence-electron chi connectivity index (χ3n) is 5.14. The number of esters is 1. The number of benzene rings is 3. The lowest BCUT2D eigenvalue weighted by molar-refractivity contribution is -0.132. The molecule has 0 N–H and O–H groups in total. The third kappa shape index (κ3) is 3.46. The molecule has 2 heterocycles. The average Bonchev–Trinajstić information content (AvgIpc) is 3.25. The SMILES string of the molecule is COC(=O)C1=NN(c2ccccc2)[C@@]2(C=CC(c3ccccc3)=NN2c2ccccc2)S1. The Morgan fingerprint density at radius 2 is 1.34 bits per heavy atom. The van der Waals surface area contributed by atoms with E-state index in [-0.39, 0.29) is 5.04 Å². The number of carbonyl (C=O) groups excluding carboxylic acids is 1. The van der Waals surface area contributed by atoms with Gasteiger partial charge >= 0.3 is 5.97 Å². The van der Waals surface area contributed by atoms with E-state index in [9.17, 15) is 4.79 Å². The molecule has 0 radical (unpaired) electrons. The largest absolute Gasteiger partial charge is 0.464 e. The maximum absolute atomic E-state index is 12.5. The highest BCUT2D eigenvalue weighted by Gasteiger charge is 2.51. The predicted octanol–water partition coefficient (Wildman–Crippen LogP) is 4.86. The zero-order valence-electron chi connectivity index (χ0n) is 17.3. The fourth-order valence-corrected chi connectivity index (χ4v) is 4.81. The molecule has 158 valence electrons. The summed E-state index contributed by atoms with van der Waals surface area (Å²) < 4.78 is 4.99. The van der Waals surface area contributed by atoms with Crippen molar-refractivity contribution in [3.63, 3.8) is 0 Å². The van der Waals surface area contributed by atoms with Gasteiger partial charge in [-0.05, 0) is 48.2 Å². The lowest BCUT2D eigenvalue weighted by atomic mass is 10.1. The molecule has 0 unspecified atom stereocenters. The summed E-state index contributed by atoms with van der Waals surface area (Å²) in [7, 11) is 1.36. The number of ether oxygens (including phenoxy) is 1. The van der Waals surface area contributed by atoms with E-state index in [1.165, 1.54) is 18.9 Å². The van der Waals surface area contributed by atoms with Crippen LogP contribution in [-0.4, -0.2) is 28.8 Å². The van der Waals surface area contributed by atoms with Crippen molar-refractivity contribution in [1.82, 2.24) is 0 Å². The van der Waals surface area contributed by atoms with E-state index in [4.69, 9.17) is 9.84 Å². The van der Waals surface area contributed by atoms with Crippen LogP contribution in [-0.2, 0) is 9.53 Å². The van der Waals surface area contributed by atoms with Crippen LogP contribution in [0.2, 0.25) is 0 Å². The molecule has 3 aromatic carbocycles. The fourth-order valence-electron chi connectivity index (χ4n) is 3.63. The van der Waals surface area contributed by atoms with Gasteiger partial charge in [0.1, 0.15) is 0 Å². The van der Waals surface area contributed by atoms with E-state index in [2.05, 4.69) is 5.10 Å². The monoisotopic (exact) mass is 440 g/mol. The molecule has 2 aliphatic heterocycles. The van der Waals surface area contributed by atoms with E-state index in [0.717, 1.165) is 22.6 Å². The molecular weight excluding hydrogens is 420 g/mol. The van der Waals surface area contributed by atoms with Crippen LogP contribution in [0, 0.1) is 0 Å². The van der Waals surface area contributed by atoms with E-state index in [0.29, 0.717) is 0 Å². The molecule has 32 heavy (non-hydrogen) atoms. The van der Waals surface area contributed by atoms with Crippen molar-refractivity contribution in [2.24, 2.45) is 10.2 Å². The van der Waals surface area contributed by atoms with Gasteiger partial charge in [0, 0.05) is 5.56 Å². The minimum absolute atomic E-state index is 0.264. The van der Waals surface area contributed by atoms with Crippen molar-refractivity contribution in [2.75, 3.05) is 17.1 Å². The van der Waals surface area contributed by atoms with Crippen LogP contribution in [0.25, 0.3) is 0 Å². The first-order valence-electron chi connectivity index (χ1n) is 10.1. The molecule has 0 aliphatic carbocycles. The molecule has 1 atom stereocenters. The van der Waals surface area contributed by atoms with E-state index >= 15 is 0 Å². The standard InChI is InChI=1S/C25H20N4O2S/c1-31-24(30)23-27-29(21-15-9-4-10-16-21)25(32-23)18-17-22(19-11-5-2-6-12-19)26-28(25)20-13-7-3-8-14-20/h2-18H,1H3/t25-/m0/s1. The zero-order valence-corrected chi connectivity index (χ0v) is 18.1. The highest BCUT2D eigenvalue weighted by Crippen LogP contribution is 2.47. The smallest absolute Gasteiger partial charge is 0.365 e. The van der Waals surface area contributed by atoms with E-state index < -0.39 is 11.0 Å². The van der Waals surface area contributed by atoms with Gasteiger partial charge in [0.2, 0.25) is 10.0 Å². The average molecular weight is 441 g/mol. The molecule has 0 saturated carbocycles. The molecule has 0 aromatic heterocycles. The number of para-hydroxylation sites is 2. The number of anilines is 2. The van der Waals surface area contributed by atoms with Gasteiger partial charge in [-0.3, -0.25) is 0 Å². The maximum Gasteiger partial charge on any atom is 0.365 e. The van der Waals surface area contributed by atoms with E-state index in [1.807, 2.05) is 113 Å². The number of allylic oxidation sites excluding steroid dienone is 1. The lowest BCUT2D eigenvalue weighted by Crippen LogP contribution is -2.53. The molecule has 0 saturated heterocycles. The van der Waals surface area contributed by atoms with Crippen LogP contribution >= 0.6 is 11.8 Å². The summed E-state index contributed by atoms with van der Waals surface area (Å²) in [6.07, 6.45) is 4.01. The number of carbonyl (C=O) groups is 1. The number of rotatable bonds is 4. The normalized spacial score (nSPS) is 19.7. The Kier molecular flexibility index (Phi) is 5.25. The molecule has 2 aliphatic rings. The molecule has 0 fully saturated rings. The molecule has 1 spiro atoms. The minimum atomic E-state index is -0.912. The Labute approximate surface area is 190 Å². The van der Waals surface area contributed by atoms with Crippen LogP contribution in [0.4, 0.5) is 11.4 Å².